The molecule has 2 amide bonds. The zero-order chi connectivity index (χ0) is 26.5. The third kappa shape index (κ3) is 6.33. The van der Waals surface area contributed by atoms with Crippen LogP contribution in [0.3, 0.4) is 0 Å². The van der Waals surface area contributed by atoms with Gasteiger partial charge in [0, 0.05) is 44.6 Å². The Morgan fingerprint density at radius 1 is 1.19 bits per heavy atom. The second-order valence-corrected chi connectivity index (χ2v) is 9.46. The van der Waals surface area contributed by atoms with Crippen LogP contribution in [-0.4, -0.2) is 71.3 Å². The van der Waals surface area contributed by atoms with Crippen molar-refractivity contribution >= 4 is 11.8 Å². The maximum atomic E-state index is 14.0. The minimum absolute atomic E-state index is 0.233. The lowest BCUT2D eigenvalue weighted by Gasteiger charge is -2.21. The predicted octanol–water partition coefficient (Wildman–Crippen LogP) is 3.62. The largest absolute Gasteiger partial charge is 0.393 e. The molecule has 3 atom stereocenters. The first-order chi connectivity index (χ1) is 17.8. The highest BCUT2D eigenvalue weighted by Crippen LogP contribution is 2.29. The van der Waals surface area contributed by atoms with E-state index in [0.29, 0.717) is 49.7 Å². The van der Waals surface area contributed by atoms with Crippen molar-refractivity contribution in [2.75, 3.05) is 38.7 Å². The van der Waals surface area contributed by atoms with Gasteiger partial charge in [-0.3, -0.25) is 10.2 Å². The molecular formula is C27H33F2N5O3. The van der Waals surface area contributed by atoms with Crippen LogP contribution in [0.5, 0.6) is 0 Å². The molecule has 0 unspecified atom stereocenters. The molecule has 1 aliphatic heterocycles. The lowest BCUT2D eigenvalue weighted by Crippen LogP contribution is -2.42. The average Bonchev–Trinajstić information content (AvgIpc) is 3.40. The highest BCUT2D eigenvalue weighted by Gasteiger charge is 2.35. The number of aromatic nitrogens is 2. The van der Waals surface area contributed by atoms with Crippen LogP contribution in [0.2, 0.25) is 0 Å². The van der Waals surface area contributed by atoms with Gasteiger partial charge in [0.05, 0.1) is 30.1 Å². The number of para-hydroxylation sites is 1. The van der Waals surface area contributed by atoms with Gasteiger partial charge in [0.15, 0.2) is 11.6 Å². The lowest BCUT2D eigenvalue weighted by atomic mass is 9.94. The van der Waals surface area contributed by atoms with Crippen LogP contribution in [0.15, 0.2) is 48.5 Å². The molecule has 3 N–H and O–H groups in total. The van der Waals surface area contributed by atoms with Gasteiger partial charge in [0.25, 0.3) is 0 Å². The molecule has 0 aliphatic carbocycles. The molecule has 4 rings (SSSR count). The number of rotatable bonds is 9. The first-order valence-corrected chi connectivity index (χ1v) is 12.3. The summed E-state index contributed by atoms with van der Waals surface area (Å²) >= 11 is 0. The molecule has 37 heavy (non-hydrogen) atoms. The molecule has 0 radical (unpaired) electrons. The van der Waals surface area contributed by atoms with E-state index in [9.17, 15) is 18.7 Å². The van der Waals surface area contributed by atoms with Crippen molar-refractivity contribution < 1.29 is 23.4 Å². The van der Waals surface area contributed by atoms with Gasteiger partial charge in [-0.05, 0) is 43.7 Å². The van der Waals surface area contributed by atoms with Gasteiger partial charge >= 0.3 is 6.03 Å². The number of halogens is 2. The number of benzene rings is 2. The van der Waals surface area contributed by atoms with E-state index in [1.807, 2.05) is 37.3 Å². The smallest absolute Gasteiger partial charge is 0.320 e. The van der Waals surface area contributed by atoms with E-state index < -0.39 is 23.8 Å². The number of anilines is 1. The number of likely N-dealkylation sites (tertiary alicyclic amines) is 1. The number of amides is 2. The summed E-state index contributed by atoms with van der Waals surface area (Å²) in [6.45, 7) is 5.81. The Kier molecular flexibility index (Phi) is 8.52. The molecule has 10 heteroatoms. The summed E-state index contributed by atoms with van der Waals surface area (Å²) in [6.07, 6.45) is -0.245. The van der Waals surface area contributed by atoms with E-state index in [1.165, 1.54) is 6.07 Å². The zero-order valence-electron chi connectivity index (χ0n) is 21.2. The number of hydrogen-bond donors (Lipinski definition) is 3. The Morgan fingerprint density at radius 3 is 2.62 bits per heavy atom. The number of aliphatic hydroxyl groups is 1. The van der Waals surface area contributed by atoms with Gasteiger partial charge in [0.2, 0.25) is 0 Å². The fourth-order valence-corrected chi connectivity index (χ4v) is 4.74. The number of nitrogens with zero attached hydrogens (tertiary/aromatic N) is 3. The molecule has 2 aromatic carbocycles. The van der Waals surface area contributed by atoms with Gasteiger partial charge in [-0.1, -0.05) is 24.3 Å². The fourth-order valence-electron chi connectivity index (χ4n) is 4.74. The van der Waals surface area contributed by atoms with E-state index >= 15 is 0 Å². The number of aliphatic hydroxyl groups excluding tert-OH is 1. The SMILES string of the molecule is COCCN1C[C@@H](NC(=O)Nc2c(C)c(C[C@H](C)O)nn2-c2ccccc2)[C@H](c2ccc(F)c(F)c2)C1. The molecule has 0 saturated carbocycles. The number of hydrogen-bond acceptors (Lipinski definition) is 5. The monoisotopic (exact) mass is 513 g/mol. The normalized spacial score (nSPS) is 18.6. The number of carbonyl (C=O) groups excluding carboxylic acids is 1. The third-order valence-electron chi connectivity index (χ3n) is 6.64. The maximum absolute atomic E-state index is 14.0. The number of ether oxygens (including phenoxy) is 1. The van der Waals surface area contributed by atoms with Crippen LogP contribution in [0.4, 0.5) is 19.4 Å². The Bertz CT molecular complexity index is 1220. The summed E-state index contributed by atoms with van der Waals surface area (Å²) < 4.78 is 34.4. The summed E-state index contributed by atoms with van der Waals surface area (Å²) in [5.74, 6) is -1.55. The Balaban J connectivity index is 1.57. The number of urea groups is 1. The first kappa shape index (κ1) is 26.7. The molecule has 1 aliphatic rings. The van der Waals surface area contributed by atoms with Crippen LogP contribution >= 0.6 is 0 Å². The summed E-state index contributed by atoms with van der Waals surface area (Å²) in [7, 11) is 1.62. The molecular weight excluding hydrogens is 480 g/mol. The molecule has 198 valence electrons. The van der Waals surface area contributed by atoms with E-state index in [4.69, 9.17) is 4.74 Å². The van der Waals surface area contributed by atoms with E-state index in [-0.39, 0.29) is 12.0 Å². The van der Waals surface area contributed by atoms with Crippen molar-refractivity contribution in [3.63, 3.8) is 0 Å². The molecule has 1 fully saturated rings. The average molecular weight is 514 g/mol. The van der Waals surface area contributed by atoms with E-state index in [0.717, 1.165) is 17.3 Å². The van der Waals surface area contributed by atoms with Gasteiger partial charge < -0.3 is 15.2 Å². The van der Waals surface area contributed by atoms with Crippen molar-refractivity contribution in [3.05, 3.63) is 77.0 Å². The number of carbonyl (C=O) groups is 1. The van der Waals surface area contributed by atoms with Gasteiger partial charge in [-0.2, -0.15) is 5.10 Å². The predicted molar refractivity (Wildman–Crippen MR) is 137 cm³/mol. The molecule has 0 spiro atoms. The minimum atomic E-state index is -0.913. The fraction of sp³-hybridized carbons (Fsp3) is 0.407. The number of methoxy groups -OCH3 is 1. The molecule has 2 heterocycles. The quantitative estimate of drug-likeness (QED) is 0.407. The van der Waals surface area contributed by atoms with Crippen LogP contribution in [0.25, 0.3) is 5.69 Å². The summed E-state index contributed by atoms with van der Waals surface area (Å²) in [4.78, 5) is 15.4. The highest BCUT2D eigenvalue weighted by molar-refractivity contribution is 5.90. The van der Waals surface area contributed by atoms with Crippen LogP contribution in [-0.2, 0) is 11.2 Å². The Labute approximate surface area is 215 Å². The minimum Gasteiger partial charge on any atom is -0.393 e. The zero-order valence-corrected chi connectivity index (χ0v) is 21.2. The molecule has 8 nitrogen and oxygen atoms in total. The van der Waals surface area contributed by atoms with Crippen LogP contribution in [0.1, 0.15) is 29.7 Å². The van der Waals surface area contributed by atoms with Crippen LogP contribution < -0.4 is 10.6 Å². The van der Waals surface area contributed by atoms with Crippen molar-refractivity contribution in [3.8, 4) is 5.69 Å². The Hall–Kier alpha value is -3.34. The maximum Gasteiger partial charge on any atom is 0.320 e. The summed E-state index contributed by atoms with van der Waals surface area (Å²) in [5.41, 5.74) is 2.82. The van der Waals surface area contributed by atoms with Crippen molar-refractivity contribution in [2.45, 2.75) is 38.3 Å². The highest BCUT2D eigenvalue weighted by atomic mass is 19.2. The van der Waals surface area contributed by atoms with Crippen molar-refractivity contribution in [1.82, 2.24) is 20.0 Å². The molecule has 3 aromatic rings. The standard InChI is InChI=1S/C27H33F2N5O3/c1-17(35)13-24-18(2)26(34(32-24)20-7-5-4-6-8-20)31-27(36)30-25-16-33(11-12-37-3)15-21(25)19-9-10-22(28)23(29)14-19/h4-10,14,17,21,25,35H,11-13,15-16H2,1-3H3,(H2,30,31,36)/t17-,21-,25+/m0/s1. The van der Waals surface area contributed by atoms with Gasteiger partial charge in [-0.25, -0.2) is 18.3 Å². The summed E-state index contributed by atoms with van der Waals surface area (Å²) in [6, 6.07) is 12.5. The van der Waals surface area contributed by atoms with E-state index in [2.05, 4.69) is 20.6 Å². The molecule has 1 saturated heterocycles. The topological polar surface area (TPSA) is 91.7 Å². The van der Waals surface area contributed by atoms with Crippen molar-refractivity contribution in [2.24, 2.45) is 0 Å². The lowest BCUT2D eigenvalue weighted by molar-refractivity contribution is 0.159. The second kappa shape index (κ2) is 11.8. The van der Waals surface area contributed by atoms with Crippen LogP contribution in [0, 0.1) is 18.6 Å². The number of nitrogens with one attached hydrogen (secondary N) is 2. The van der Waals surface area contributed by atoms with Gasteiger partial charge in [-0.15, -0.1) is 0 Å². The van der Waals surface area contributed by atoms with Crippen molar-refractivity contribution in [1.29, 1.82) is 0 Å². The molecule has 1 aromatic heterocycles. The first-order valence-electron chi connectivity index (χ1n) is 12.3. The second-order valence-electron chi connectivity index (χ2n) is 9.46. The Morgan fingerprint density at radius 2 is 1.95 bits per heavy atom. The summed E-state index contributed by atoms with van der Waals surface area (Å²) in [5, 5.41) is 20.5. The molecule has 0 bridgehead atoms. The third-order valence-corrected chi connectivity index (χ3v) is 6.64. The van der Waals surface area contributed by atoms with Gasteiger partial charge in [0.1, 0.15) is 5.82 Å². The van der Waals surface area contributed by atoms with E-state index in [1.54, 1.807) is 24.8 Å².